The standard InChI is InChI=1S/C10H19ClO2/c1-4-5-7-10(12-2,13-3)8-6-9-11/h6,8H,4-5,7,9H2,1-3H3/b8-6+. The Labute approximate surface area is 85.9 Å². The van der Waals surface area contributed by atoms with E-state index in [2.05, 4.69) is 6.92 Å². The van der Waals surface area contributed by atoms with Crippen LogP contribution in [0.4, 0.5) is 0 Å². The second-order valence-corrected chi connectivity index (χ2v) is 3.19. The minimum absolute atomic E-state index is 0.487. The molecule has 0 aromatic carbocycles. The summed E-state index contributed by atoms with van der Waals surface area (Å²) in [6.45, 7) is 2.14. The molecule has 2 nitrogen and oxygen atoms in total. The molecule has 0 rings (SSSR count). The minimum atomic E-state index is -0.578. The van der Waals surface area contributed by atoms with Crippen LogP contribution in [0.15, 0.2) is 12.2 Å². The molecule has 0 aliphatic carbocycles. The monoisotopic (exact) mass is 206 g/mol. The third-order valence-corrected chi connectivity index (χ3v) is 2.21. The number of unbranched alkanes of at least 4 members (excludes halogenated alkanes) is 1. The summed E-state index contributed by atoms with van der Waals surface area (Å²) in [7, 11) is 3.30. The number of hydrogen-bond acceptors (Lipinski definition) is 2. The SMILES string of the molecule is CCCCC(/C=C/CCl)(OC)OC. The van der Waals surface area contributed by atoms with Gasteiger partial charge >= 0.3 is 0 Å². The fraction of sp³-hybridized carbons (Fsp3) is 0.800. The lowest BCUT2D eigenvalue weighted by atomic mass is 10.1. The molecule has 0 N–H and O–H groups in total. The van der Waals surface area contributed by atoms with E-state index in [-0.39, 0.29) is 0 Å². The highest BCUT2D eigenvalue weighted by Gasteiger charge is 2.24. The highest BCUT2D eigenvalue weighted by molar-refractivity contribution is 6.18. The van der Waals surface area contributed by atoms with Crippen LogP contribution < -0.4 is 0 Å². The molecule has 0 amide bonds. The third kappa shape index (κ3) is 4.65. The molecule has 0 spiro atoms. The summed E-state index contributed by atoms with van der Waals surface area (Å²) in [5, 5.41) is 0. The molecule has 78 valence electrons. The Morgan fingerprint density at radius 1 is 1.31 bits per heavy atom. The first-order chi connectivity index (χ1) is 6.24. The van der Waals surface area contributed by atoms with Crippen LogP contribution in [0.25, 0.3) is 0 Å². The van der Waals surface area contributed by atoms with Crippen LogP contribution in [0.5, 0.6) is 0 Å². The smallest absolute Gasteiger partial charge is 0.187 e. The maximum Gasteiger partial charge on any atom is 0.187 e. The number of halogens is 1. The molecule has 0 fully saturated rings. The average molecular weight is 207 g/mol. The zero-order valence-electron chi connectivity index (χ0n) is 8.68. The Hall–Kier alpha value is -0.0500. The maximum atomic E-state index is 5.56. The van der Waals surface area contributed by atoms with E-state index in [1.165, 1.54) is 0 Å². The molecule has 0 saturated heterocycles. The van der Waals surface area contributed by atoms with Crippen molar-refractivity contribution >= 4 is 11.6 Å². The van der Waals surface area contributed by atoms with Gasteiger partial charge in [-0.25, -0.2) is 0 Å². The summed E-state index contributed by atoms with van der Waals surface area (Å²) in [6, 6.07) is 0. The van der Waals surface area contributed by atoms with Crippen molar-refractivity contribution in [1.82, 2.24) is 0 Å². The van der Waals surface area contributed by atoms with Crippen LogP contribution in [0.3, 0.4) is 0 Å². The van der Waals surface area contributed by atoms with Gasteiger partial charge in [0.05, 0.1) is 0 Å². The zero-order valence-corrected chi connectivity index (χ0v) is 9.43. The summed E-state index contributed by atoms with van der Waals surface area (Å²) in [4.78, 5) is 0. The van der Waals surface area contributed by atoms with Gasteiger partial charge in [-0.1, -0.05) is 19.4 Å². The van der Waals surface area contributed by atoms with Crippen molar-refractivity contribution in [3.05, 3.63) is 12.2 Å². The summed E-state index contributed by atoms with van der Waals surface area (Å²) in [5.74, 6) is -0.0918. The lowest BCUT2D eigenvalue weighted by Crippen LogP contribution is -2.31. The van der Waals surface area contributed by atoms with E-state index in [1.54, 1.807) is 14.2 Å². The molecule has 0 aromatic rings. The fourth-order valence-electron chi connectivity index (χ4n) is 1.15. The predicted octanol–water partition coefficient (Wildman–Crippen LogP) is 2.96. The third-order valence-electron chi connectivity index (χ3n) is 2.03. The zero-order chi connectivity index (χ0) is 10.2. The van der Waals surface area contributed by atoms with Gasteiger partial charge in [0.25, 0.3) is 0 Å². The van der Waals surface area contributed by atoms with Crippen molar-refractivity contribution in [3.63, 3.8) is 0 Å². The van der Waals surface area contributed by atoms with Crippen molar-refractivity contribution in [3.8, 4) is 0 Å². The van der Waals surface area contributed by atoms with E-state index in [0.29, 0.717) is 5.88 Å². The van der Waals surface area contributed by atoms with Gasteiger partial charge in [-0.3, -0.25) is 0 Å². The van der Waals surface area contributed by atoms with E-state index < -0.39 is 5.79 Å². The van der Waals surface area contributed by atoms with Crippen molar-refractivity contribution in [1.29, 1.82) is 0 Å². The molecule has 0 unspecified atom stereocenters. The summed E-state index contributed by atoms with van der Waals surface area (Å²) in [5.41, 5.74) is 0. The van der Waals surface area contributed by atoms with Crippen LogP contribution >= 0.6 is 11.6 Å². The molecular formula is C10H19ClO2. The molecule has 0 aliphatic rings. The summed E-state index contributed by atoms with van der Waals surface area (Å²) < 4.78 is 10.6. The first kappa shape index (κ1) is 12.9. The topological polar surface area (TPSA) is 18.5 Å². The van der Waals surface area contributed by atoms with Gasteiger partial charge in [0, 0.05) is 26.5 Å². The Kier molecular flexibility index (Phi) is 7.33. The van der Waals surface area contributed by atoms with E-state index in [9.17, 15) is 0 Å². The van der Waals surface area contributed by atoms with Gasteiger partial charge in [-0.05, 0) is 12.5 Å². The largest absolute Gasteiger partial charge is 0.350 e. The molecule has 0 heterocycles. The Morgan fingerprint density at radius 3 is 2.31 bits per heavy atom. The molecular weight excluding hydrogens is 188 g/mol. The van der Waals surface area contributed by atoms with E-state index >= 15 is 0 Å². The number of alkyl halides is 1. The second-order valence-electron chi connectivity index (χ2n) is 2.88. The van der Waals surface area contributed by atoms with Crippen LogP contribution in [-0.2, 0) is 9.47 Å². The van der Waals surface area contributed by atoms with E-state index in [4.69, 9.17) is 21.1 Å². The molecule has 0 aliphatic heterocycles. The van der Waals surface area contributed by atoms with Gasteiger partial charge in [-0.15, -0.1) is 11.6 Å². The van der Waals surface area contributed by atoms with Crippen molar-refractivity contribution < 1.29 is 9.47 Å². The molecule has 0 aromatic heterocycles. The first-order valence-electron chi connectivity index (χ1n) is 4.58. The number of ether oxygens (including phenoxy) is 2. The van der Waals surface area contributed by atoms with Gasteiger partial charge < -0.3 is 9.47 Å². The lowest BCUT2D eigenvalue weighted by molar-refractivity contribution is -0.174. The molecule has 13 heavy (non-hydrogen) atoms. The van der Waals surface area contributed by atoms with Crippen molar-refractivity contribution in [2.24, 2.45) is 0 Å². The quantitative estimate of drug-likeness (QED) is 0.362. The second kappa shape index (κ2) is 7.36. The highest BCUT2D eigenvalue weighted by Crippen LogP contribution is 2.21. The number of allylic oxidation sites excluding steroid dienone is 1. The number of methoxy groups -OCH3 is 2. The minimum Gasteiger partial charge on any atom is -0.350 e. The fourth-order valence-corrected chi connectivity index (χ4v) is 1.24. The lowest BCUT2D eigenvalue weighted by Gasteiger charge is -2.27. The van der Waals surface area contributed by atoms with E-state index in [1.807, 2.05) is 12.2 Å². The normalized spacial score (nSPS) is 12.6. The highest BCUT2D eigenvalue weighted by atomic mass is 35.5. The van der Waals surface area contributed by atoms with Gasteiger partial charge in [0.15, 0.2) is 5.79 Å². The van der Waals surface area contributed by atoms with Crippen molar-refractivity contribution in [2.45, 2.75) is 32.0 Å². The first-order valence-corrected chi connectivity index (χ1v) is 5.12. The van der Waals surface area contributed by atoms with Crippen LogP contribution in [0, 0.1) is 0 Å². The molecule has 0 bridgehead atoms. The Balaban J connectivity index is 4.21. The maximum absolute atomic E-state index is 5.56. The van der Waals surface area contributed by atoms with Gasteiger partial charge in [-0.2, -0.15) is 0 Å². The number of hydrogen-bond donors (Lipinski definition) is 0. The molecule has 3 heteroatoms. The Bertz CT molecular complexity index is 142. The van der Waals surface area contributed by atoms with Gasteiger partial charge in [0.2, 0.25) is 0 Å². The van der Waals surface area contributed by atoms with Crippen LogP contribution in [-0.4, -0.2) is 25.9 Å². The molecule has 0 radical (unpaired) electrons. The molecule has 0 atom stereocenters. The Morgan fingerprint density at radius 2 is 1.92 bits per heavy atom. The van der Waals surface area contributed by atoms with E-state index in [0.717, 1.165) is 19.3 Å². The van der Waals surface area contributed by atoms with Gasteiger partial charge in [0.1, 0.15) is 0 Å². The summed E-state index contributed by atoms with van der Waals surface area (Å²) in [6.07, 6.45) is 6.81. The molecule has 0 saturated carbocycles. The predicted molar refractivity (Wildman–Crippen MR) is 56.1 cm³/mol. The summed E-state index contributed by atoms with van der Waals surface area (Å²) >= 11 is 5.56. The number of rotatable bonds is 7. The van der Waals surface area contributed by atoms with Crippen molar-refractivity contribution in [2.75, 3.05) is 20.1 Å². The average Bonchev–Trinajstić information content (AvgIpc) is 2.20. The van der Waals surface area contributed by atoms with Crippen LogP contribution in [0.2, 0.25) is 0 Å². The van der Waals surface area contributed by atoms with Crippen LogP contribution in [0.1, 0.15) is 26.2 Å².